The van der Waals surface area contributed by atoms with Gasteiger partial charge in [-0.1, -0.05) is 13.8 Å². The molecule has 0 bridgehead atoms. The van der Waals surface area contributed by atoms with Crippen LogP contribution in [0.25, 0.3) is 0 Å². The number of anilines is 1. The molecule has 1 aromatic rings. The molecule has 3 nitrogen and oxygen atoms in total. The van der Waals surface area contributed by atoms with Gasteiger partial charge >= 0.3 is 0 Å². The van der Waals surface area contributed by atoms with Gasteiger partial charge in [-0.3, -0.25) is 4.72 Å². The summed E-state index contributed by atoms with van der Waals surface area (Å²) < 4.78 is 38.4. The first-order valence-electron chi connectivity index (χ1n) is 4.67. The van der Waals surface area contributed by atoms with Crippen LogP contribution in [0, 0.1) is 5.82 Å². The highest BCUT2D eigenvalue weighted by Crippen LogP contribution is 2.33. The Morgan fingerprint density at radius 3 is 2.38 bits per heavy atom. The van der Waals surface area contributed by atoms with Gasteiger partial charge in [-0.15, -0.1) is 0 Å². The molecular weight excluding hydrogens is 297 g/mol. The van der Waals surface area contributed by atoms with E-state index in [0.717, 1.165) is 6.26 Å². The van der Waals surface area contributed by atoms with Crippen molar-refractivity contribution in [1.29, 1.82) is 0 Å². The molecule has 16 heavy (non-hydrogen) atoms. The zero-order valence-electron chi connectivity index (χ0n) is 9.21. The molecule has 0 aliphatic carbocycles. The topological polar surface area (TPSA) is 46.2 Å². The Hall–Kier alpha value is -0.620. The van der Waals surface area contributed by atoms with Gasteiger partial charge in [0.1, 0.15) is 5.82 Å². The predicted octanol–water partition coefficient (Wildman–Crippen LogP) is 3.08. The Balaban J connectivity index is 3.36. The van der Waals surface area contributed by atoms with Gasteiger partial charge in [0.05, 0.1) is 11.9 Å². The van der Waals surface area contributed by atoms with Crippen LogP contribution in [0.3, 0.4) is 0 Å². The summed E-state index contributed by atoms with van der Waals surface area (Å²) in [5.41, 5.74) is 1.02. The van der Waals surface area contributed by atoms with E-state index in [0.29, 0.717) is 15.7 Å². The second-order valence-corrected chi connectivity index (χ2v) is 6.48. The van der Waals surface area contributed by atoms with E-state index >= 15 is 0 Å². The fourth-order valence-electron chi connectivity index (χ4n) is 1.34. The average molecular weight is 310 g/mol. The molecule has 0 aromatic heterocycles. The average Bonchev–Trinajstić information content (AvgIpc) is 2.07. The van der Waals surface area contributed by atoms with E-state index in [1.54, 1.807) is 0 Å². The van der Waals surface area contributed by atoms with Crippen molar-refractivity contribution in [1.82, 2.24) is 0 Å². The van der Waals surface area contributed by atoms with Crippen LogP contribution in [0.15, 0.2) is 16.6 Å². The minimum Gasteiger partial charge on any atom is -0.282 e. The van der Waals surface area contributed by atoms with Crippen LogP contribution in [-0.4, -0.2) is 14.7 Å². The molecule has 0 heterocycles. The molecule has 1 rings (SSSR count). The summed E-state index contributed by atoms with van der Waals surface area (Å²) in [6.45, 7) is 3.74. The highest BCUT2D eigenvalue weighted by Gasteiger charge is 2.15. The quantitative estimate of drug-likeness (QED) is 0.932. The number of benzene rings is 1. The summed E-state index contributed by atoms with van der Waals surface area (Å²) in [5.74, 6) is -0.370. The van der Waals surface area contributed by atoms with Gasteiger partial charge in [0, 0.05) is 4.47 Å². The van der Waals surface area contributed by atoms with Crippen LogP contribution < -0.4 is 4.72 Å². The molecule has 0 aliphatic rings. The molecule has 0 radical (unpaired) electrons. The second kappa shape index (κ2) is 4.71. The van der Waals surface area contributed by atoms with Crippen molar-refractivity contribution in [2.24, 2.45) is 0 Å². The predicted molar refractivity (Wildman–Crippen MR) is 66.7 cm³/mol. The Bertz CT molecular complexity index is 500. The van der Waals surface area contributed by atoms with Crippen LogP contribution >= 0.6 is 15.9 Å². The monoisotopic (exact) mass is 309 g/mol. The van der Waals surface area contributed by atoms with Crippen molar-refractivity contribution in [2.45, 2.75) is 19.8 Å². The minimum atomic E-state index is -3.37. The molecule has 1 N–H and O–H groups in total. The highest BCUT2D eigenvalue weighted by atomic mass is 79.9. The van der Waals surface area contributed by atoms with E-state index in [-0.39, 0.29) is 5.92 Å². The molecule has 90 valence electrons. The van der Waals surface area contributed by atoms with Crippen molar-refractivity contribution in [2.75, 3.05) is 11.0 Å². The van der Waals surface area contributed by atoms with Crippen molar-refractivity contribution in [3.8, 4) is 0 Å². The van der Waals surface area contributed by atoms with Crippen LogP contribution in [0.1, 0.15) is 25.3 Å². The first kappa shape index (κ1) is 13.4. The smallest absolute Gasteiger partial charge is 0.229 e. The van der Waals surface area contributed by atoms with E-state index in [2.05, 4.69) is 20.7 Å². The number of hydrogen-bond acceptors (Lipinski definition) is 2. The van der Waals surface area contributed by atoms with Gasteiger partial charge in [0.2, 0.25) is 10.0 Å². The number of rotatable bonds is 3. The summed E-state index contributed by atoms with van der Waals surface area (Å²) in [7, 11) is -3.37. The lowest BCUT2D eigenvalue weighted by Gasteiger charge is -2.15. The van der Waals surface area contributed by atoms with Crippen LogP contribution in [0.4, 0.5) is 10.1 Å². The molecule has 1 aromatic carbocycles. The minimum absolute atomic E-state index is 0.0243. The summed E-state index contributed by atoms with van der Waals surface area (Å²) in [6, 6.07) is 2.57. The molecule has 0 saturated heterocycles. The molecule has 0 spiro atoms. The molecular formula is C10H13BrFNO2S. The van der Waals surface area contributed by atoms with E-state index in [9.17, 15) is 12.8 Å². The Morgan fingerprint density at radius 1 is 1.38 bits per heavy atom. The maximum atomic E-state index is 13.2. The molecule has 0 saturated carbocycles. The Morgan fingerprint density at radius 2 is 1.94 bits per heavy atom. The highest BCUT2D eigenvalue weighted by molar-refractivity contribution is 9.10. The third kappa shape index (κ3) is 3.45. The first-order valence-corrected chi connectivity index (χ1v) is 7.36. The first-order chi connectivity index (χ1) is 7.20. The molecule has 0 fully saturated rings. The Kier molecular flexibility index (Phi) is 3.96. The SMILES string of the molecule is CC(C)c1cc(F)cc(Br)c1NS(C)(=O)=O. The van der Waals surface area contributed by atoms with Gasteiger partial charge in [0.15, 0.2) is 0 Å². The Labute approximate surface area is 103 Å². The zero-order valence-corrected chi connectivity index (χ0v) is 11.6. The second-order valence-electron chi connectivity index (χ2n) is 3.88. The van der Waals surface area contributed by atoms with Crippen molar-refractivity contribution in [3.05, 3.63) is 28.0 Å². The lowest BCUT2D eigenvalue weighted by atomic mass is 10.0. The maximum absolute atomic E-state index is 13.2. The lowest BCUT2D eigenvalue weighted by Crippen LogP contribution is -2.12. The third-order valence-electron chi connectivity index (χ3n) is 1.99. The number of hydrogen-bond donors (Lipinski definition) is 1. The fourth-order valence-corrected chi connectivity index (χ4v) is 2.62. The lowest BCUT2D eigenvalue weighted by molar-refractivity contribution is 0.606. The van der Waals surface area contributed by atoms with Crippen molar-refractivity contribution >= 4 is 31.6 Å². The molecule has 0 unspecified atom stereocenters. The summed E-state index contributed by atoms with van der Waals surface area (Å²) in [5, 5.41) is 0. The summed E-state index contributed by atoms with van der Waals surface area (Å²) in [6.07, 6.45) is 1.06. The molecule has 0 atom stereocenters. The van der Waals surface area contributed by atoms with E-state index in [4.69, 9.17) is 0 Å². The van der Waals surface area contributed by atoms with Crippen LogP contribution in [0.5, 0.6) is 0 Å². The van der Waals surface area contributed by atoms with E-state index in [1.807, 2.05) is 13.8 Å². The van der Waals surface area contributed by atoms with Crippen molar-refractivity contribution < 1.29 is 12.8 Å². The molecule has 6 heteroatoms. The van der Waals surface area contributed by atoms with E-state index in [1.165, 1.54) is 12.1 Å². The van der Waals surface area contributed by atoms with Crippen LogP contribution in [-0.2, 0) is 10.0 Å². The molecule has 0 amide bonds. The number of sulfonamides is 1. The van der Waals surface area contributed by atoms with E-state index < -0.39 is 15.8 Å². The van der Waals surface area contributed by atoms with Gasteiger partial charge in [0.25, 0.3) is 0 Å². The third-order valence-corrected chi connectivity index (χ3v) is 3.20. The normalized spacial score (nSPS) is 11.9. The largest absolute Gasteiger partial charge is 0.282 e. The summed E-state index contributed by atoms with van der Waals surface area (Å²) in [4.78, 5) is 0. The molecule has 0 aliphatic heterocycles. The van der Waals surface area contributed by atoms with Gasteiger partial charge in [-0.2, -0.15) is 0 Å². The van der Waals surface area contributed by atoms with Crippen molar-refractivity contribution in [3.63, 3.8) is 0 Å². The standard InChI is InChI=1S/C10H13BrFNO2S/c1-6(2)8-4-7(12)5-9(11)10(8)13-16(3,14)15/h4-6,13H,1-3H3. The zero-order chi connectivity index (χ0) is 12.5. The number of nitrogens with one attached hydrogen (secondary N) is 1. The number of halogens is 2. The summed E-state index contributed by atoms with van der Waals surface area (Å²) >= 11 is 3.15. The van der Waals surface area contributed by atoms with Gasteiger partial charge < -0.3 is 0 Å². The fraction of sp³-hybridized carbons (Fsp3) is 0.400. The van der Waals surface area contributed by atoms with Crippen LogP contribution in [0.2, 0.25) is 0 Å². The van der Waals surface area contributed by atoms with Gasteiger partial charge in [-0.05, 0) is 39.5 Å². The van der Waals surface area contributed by atoms with Gasteiger partial charge in [-0.25, -0.2) is 12.8 Å². The maximum Gasteiger partial charge on any atom is 0.229 e.